The molecule has 0 bridgehead atoms. The van der Waals surface area contributed by atoms with Gasteiger partial charge in [0, 0.05) is 54.5 Å². The Bertz CT molecular complexity index is 1310. The molecule has 1 amide bonds. The van der Waals surface area contributed by atoms with Crippen LogP contribution in [0.15, 0.2) is 12.1 Å². The van der Waals surface area contributed by atoms with Crippen LogP contribution in [0.1, 0.15) is 135 Å². The van der Waals surface area contributed by atoms with Gasteiger partial charge in [0.15, 0.2) is 0 Å². The van der Waals surface area contributed by atoms with Gasteiger partial charge in [-0.2, -0.15) is 12.6 Å². The van der Waals surface area contributed by atoms with Gasteiger partial charge in [-0.3, -0.25) is 4.79 Å². The first-order valence-electron chi connectivity index (χ1n) is 19.6. The number of rotatable bonds is 9. The average Bonchev–Trinajstić information content (AvgIpc) is 3.40. The molecule has 4 unspecified atom stereocenters. The van der Waals surface area contributed by atoms with Crippen molar-refractivity contribution in [3.8, 4) is 5.75 Å². The second-order valence-electron chi connectivity index (χ2n) is 17.1. The van der Waals surface area contributed by atoms with Gasteiger partial charge in [-0.1, -0.05) is 66.9 Å². The summed E-state index contributed by atoms with van der Waals surface area (Å²) >= 11 is 3.99. The number of hydrogen-bond acceptors (Lipinski definition) is 5. The highest BCUT2D eigenvalue weighted by Crippen LogP contribution is 2.59. The lowest BCUT2D eigenvalue weighted by atomic mass is 9.22. The van der Waals surface area contributed by atoms with E-state index in [2.05, 4.69) is 85.3 Å². The van der Waals surface area contributed by atoms with E-state index in [1.807, 2.05) is 4.90 Å². The summed E-state index contributed by atoms with van der Waals surface area (Å²) in [6.07, 6.45) is 12.6. The molecule has 11 heteroatoms. The Balaban J connectivity index is 0.000000324. The van der Waals surface area contributed by atoms with Gasteiger partial charge in [-0.05, 0) is 124 Å². The normalized spacial score (nSPS) is 25.1. The zero-order valence-electron chi connectivity index (χ0n) is 33.2. The molecule has 0 N–H and O–H groups in total. The third-order valence-corrected chi connectivity index (χ3v) is 13.4. The van der Waals surface area contributed by atoms with Crippen LogP contribution >= 0.6 is 12.6 Å². The van der Waals surface area contributed by atoms with E-state index >= 15 is 0 Å². The molecule has 10 radical (unpaired) electrons. The smallest absolute Gasteiger partial charge is 0.410 e. The van der Waals surface area contributed by atoms with Gasteiger partial charge >= 0.3 is 6.09 Å². The van der Waals surface area contributed by atoms with E-state index in [4.69, 9.17) is 44.0 Å². The van der Waals surface area contributed by atoms with Crippen molar-refractivity contribution in [2.24, 2.45) is 22.7 Å². The monoisotopic (exact) mass is 707 g/mol. The van der Waals surface area contributed by atoms with E-state index in [1.165, 1.54) is 24.0 Å². The van der Waals surface area contributed by atoms with Crippen molar-refractivity contribution >= 4 is 63.7 Å². The third-order valence-electron chi connectivity index (χ3n) is 13.1. The Kier molecular flexibility index (Phi) is 16.0. The minimum atomic E-state index is -1.53. The largest absolute Gasteiger partial charge is 0.415 e. The number of amides is 1. The van der Waals surface area contributed by atoms with Gasteiger partial charge < -0.3 is 14.5 Å². The molecule has 2 saturated carbocycles. The molecule has 4 atom stereocenters. The Labute approximate surface area is 324 Å². The summed E-state index contributed by atoms with van der Waals surface area (Å²) in [5.41, 5.74) is 4.47. The van der Waals surface area contributed by atoms with Crippen LogP contribution in [0.5, 0.6) is 5.75 Å². The zero-order valence-corrected chi connectivity index (χ0v) is 34.1. The Morgan fingerprint density at radius 1 is 0.980 bits per heavy atom. The molecule has 4 aliphatic rings. The molecular weight excluding hydrogens is 643 g/mol. The van der Waals surface area contributed by atoms with Gasteiger partial charge in [-0.15, -0.1) is 10.3 Å². The number of likely N-dealkylation sites (tertiary alicyclic amines) is 1. The molecule has 5 rings (SSSR count). The Morgan fingerprint density at radius 3 is 2.12 bits per heavy atom. The Morgan fingerprint density at radius 2 is 1.61 bits per heavy atom. The number of carbonyl (C=O) groups excluding carboxylic acids is 2. The highest BCUT2D eigenvalue weighted by atomic mass is 32.1. The number of fused-ring (bicyclic) bond motifs is 5. The number of benzene rings is 1. The molecule has 0 spiro atoms. The number of ketones is 1. The fourth-order valence-corrected chi connectivity index (χ4v) is 8.51. The first-order chi connectivity index (χ1) is 23.7. The molecule has 1 aromatic rings. The molecular formula is C40H63B5N2O3S. The summed E-state index contributed by atoms with van der Waals surface area (Å²) in [7, 11) is 31.3. The zero-order chi connectivity index (χ0) is 38.4. The van der Waals surface area contributed by atoms with Crippen LogP contribution in [0.2, 0.25) is 10.3 Å². The van der Waals surface area contributed by atoms with Crippen LogP contribution in [-0.2, 0) is 17.6 Å². The minimum Gasteiger partial charge on any atom is -0.410 e. The van der Waals surface area contributed by atoms with Crippen molar-refractivity contribution in [1.29, 1.82) is 0 Å². The molecule has 1 aliphatic heterocycles. The van der Waals surface area contributed by atoms with Crippen LogP contribution in [0.3, 0.4) is 0 Å². The standard InChI is InChI=1S/C28H40N2O3.C7H16.C5H7B5S/c1-5-18-16-23-19(6-7-22-21(23)10-13-28(2)24(22)8-9-26(28)31)17-25(18)33-27(32)30-14-11-20(12-15-30)29(3)4;1-5-7(3,4)6-2;6-4(7,2-1-3-11)5(8,9)10/h16-17,20-22,24H,5-15H2,1-4H3;5-6H2,1-4H3;11H,1-3H2. The van der Waals surface area contributed by atoms with Crippen molar-refractivity contribution < 1.29 is 14.3 Å². The fourth-order valence-electron chi connectivity index (χ4n) is 8.35. The summed E-state index contributed by atoms with van der Waals surface area (Å²) in [4.78, 5) is 29.7. The molecule has 51 heavy (non-hydrogen) atoms. The predicted octanol–water partition coefficient (Wildman–Crippen LogP) is 7.76. The van der Waals surface area contributed by atoms with Gasteiger partial charge in [0.05, 0.1) is 15.7 Å². The van der Waals surface area contributed by atoms with E-state index < -0.39 is 10.3 Å². The van der Waals surface area contributed by atoms with Crippen molar-refractivity contribution in [2.75, 3.05) is 32.9 Å². The number of ether oxygens (including phenoxy) is 1. The summed E-state index contributed by atoms with van der Waals surface area (Å²) < 4.78 is 6.00. The summed E-state index contributed by atoms with van der Waals surface area (Å²) in [5.74, 6) is 3.67. The van der Waals surface area contributed by atoms with Crippen molar-refractivity contribution in [1.82, 2.24) is 9.80 Å². The lowest BCUT2D eigenvalue weighted by Gasteiger charge is -2.48. The number of carbonyl (C=O) groups is 2. The topological polar surface area (TPSA) is 49.9 Å². The maximum Gasteiger partial charge on any atom is 0.415 e. The summed E-state index contributed by atoms with van der Waals surface area (Å²) in [6, 6.07) is 5.05. The van der Waals surface area contributed by atoms with Gasteiger partial charge in [0.2, 0.25) is 0 Å². The second-order valence-corrected chi connectivity index (χ2v) is 17.5. The van der Waals surface area contributed by atoms with Crippen LogP contribution in [0.25, 0.3) is 0 Å². The first-order valence-corrected chi connectivity index (χ1v) is 20.3. The number of aryl methyl sites for hydroxylation is 2. The predicted molar refractivity (Wildman–Crippen MR) is 221 cm³/mol. The van der Waals surface area contributed by atoms with Crippen molar-refractivity contribution in [2.45, 2.75) is 147 Å². The molecule has 272 valence electrons. The van der Waals surface area contributed by atoms with Crippen molar-refractivity contribution in [3.63, 3.8) is 0 Å². The average molecular weight is 706 g/mol. The van der Waals surface area contributed by atoms with E-state index in [-0.39, 0.29) is 11.5 Å². The number of thiol groups is 1. The van der Waals surface area contributed by atoms with Crippen LogP contribution in [0, 0.1) is 22.7 Å². The van der Waals surface area contributed by atoms with E-state index in [9.17, 15) is 9.59 Å². The maximum atomic E-state index is 13.0. The minimum absolute atomic E-state index is 0.0816. The van der Waals surface area contributed by atoms with Gasteiger partial charge in [0.25, 0.3) is 0 Å². The fraction of sp³-hybridized carbons (Fsp3) is 0.800. The van der Waals surface area contributed by atoms with Gasteiger partial charge in [-0.25, -0.2) is 4.79 Å². The van der Waals surface area contributed by atoms with Crippen LogP contribution in [-0.4, -0.2) is 99.9 Å². The highest BCUT2D eigenvalue weighted by molar-refractivity contribution is 7.80. The number of nitrogens with zero attached hydrogens (tertiary/aromatic N) is 2. The van der Waals surface area contributed by atoms with Crippen LogP contribution < -0.4 is 4.74 Å². The summed E-state index contributed by atoms with van der Waals surface area (Å²) in [6.45, 7) is 15.0. The lowest BCUT2D eigenvalue weighted by Crippen LogP contribution is -2.45. The quantitative estimate of drug-likeness (QED) is 0.211. The van der Waals surface area contributed by atoms with Crippen molar-refractivity contribution in [3.05, 3.63) is 28.8 Å². The molecule has 3 fully saturated rings. The second kappa shape index (κ2) is 18.4. The molecule has 3 aliphatic carbocycles. The molecule has 5 nitrogen and oxygen atoms in total. The van der Waals surface area contributed by atoms with Crippen LogP contribution in [0.4, 0.5) is 4.79 Å². The molecule has 1 aromatic carbocycles. The number of hydrogen-bond donors (Lipinski definition) is 1. The lowest BCUT2D eigenvalue weighted by molar-refractivity contribution is -0.129. The Hall–Kier alpha value is -1.21. The van der Waals surface area contributed by atoms with E-state index in [0.29, 0.717) is 47.2 Å². The van der Waals surface area contributed by atoms with E-state index in [0.717, 1.165) is 88.6 Å². The summed E-state index contributed by atoms with van der Waals surface area (Å²) in [5, 5.41) is -2.76. The number of piperidine rings is 1. The van der Waals surface area contributed by atoms with E-state index in [1.54, 1.807) is 0 Å². The molecule has 0 aromatic heterocycles. The number of Topliss-reactive ketones (excluding diaryl/α,β-unsaturated/α-hetero) is 1. The SMILES string of the molecule is CCC(C)(C)CC.CCc1cc2c(cc1OC(=O)N1CCC(N(C)C)CC1)CCC1C2CCC2(C)C(=O)CCC12.[B]C([B])([B])C([B])([B])CCCS. The maximum absolute atomic E-state index is 13.0. The van der Waals surface area contributed by atoms with Gasteiger partial charge in [0.1, 0.15) is 11.5 Å². The molecule has 1 heterocycles. The third kappa shape index (κ3) is 10.9. The highest BCUT2D eigenvalue weighted by Gasteiger charge is 2.54. The molecule has 1 saturated heterocycles. The first kappa shape index (κ1) is 44.2.